The first kappa shape index (κ1) is 17.9. The van der Waals surface area contributed by atoms with E-state index < -0.39 is 0 Å². The second-order valence-corrected chi connectivity index (χ2v) is 6.95. The van der Waals surface area contributed by atoms with E-state index in [2.05, 4.69) is 33.0 Å². The van der Waals surface area contributed by atoms with Gasteiger partial charge in [0.1, 0.15) is 0 Å². The molecule has 0 bridgehead atoms. The Balaban J connectivity index is 2.36. The molecule has 0 saturated heterocycles. The zero-order chi connectivity index (χ0) is 14.8. The number of hydrogen-bond acceptors (Lipinski definition) is 3. The Kier molecular flexibility index (Phi) is 8.74. The van der Waals surface area contributed by atoms with Crippen molar-refractivity contribution in [3.8, 4) is 0 Å². The highest BCUT2D eigenvalue weighted by Crippen LogP contribution is 2.30. The van der Waals surface area contributed by atoms with E-state index in [0.717, 1.165) is 26.4 Å². The van der Waals surface area contributed by atoms with Crippen LogP contribution in [0.25, 0.3) is 0 Å². The monoisotopic (exact) mass is 285 g/mol. The molecule has 0 aromatic rings. The van der Waals surface area contributed by atoms with Gasteiger partial charge in [-0.2, -0.15) is 0 Å². The molecule has 1 N–H and O–H groups in total. The number of rotatable bonds is 9. The highest BCUT2D eigenvalue weighted by molar-refractivity contribution is 4.86. The Hall–Kier alpha value is -0.120. The van der Waals surface area contributed by atoms with E-state index in [-0.39, 0.29) is 5.60 Å². The van der Waals surface area contributed by atoms with Crippen LogP contribution >= 0.6 is 0 Å². The fourth-order valence-corrected chi connectivity index (χ4v) is 2.77. The second kappa shape index (κ2) is 9.75. The lowest BCUT2D eigenvalue weighted by molar-refractivity contribution is -0.0776. The van der Waals surface area contributed by atoms with Crippen molar-refractivity contribution in [2.24, 2.45) is 5.92 Å². The molecular formula is C17H35NO2. The molecule has 1 aliphatic rings. The summed E-state index contributed by atoms with van der Waals surface area (Å²) in [6.45, 7) is 12.0. The first-order valence-electron chi connectivity index (χ1n) is 8.49. The third kappa shape index (κ3) is 7.61. The average Bonchev–Trinajstić information content (AvgIpc) is 2.62. The van der Waals surface area contributed by atoms with Crippen LogP contribution in [-0.4, -0.2) is 38.0 Å². The van der Waals surface area contributed by atoms with Gasteiger partial charge < -0.3 is 14.8 Å². The van der Waals surface area contributed by atoms with E-state index in [1.54, 1.807) is 0 Å². The molecule has 0 heterocycles. The predicted octanol–water partition coefficient (Wildman–Crippen LogP) is 3.77. The highest BCUT2D eigenvalue weighted by Gasteiger charge is 2.31. The Morgan fingerprint density at radius 1 is 0.950 bits per heavy atom. The summed E-state index contributed by atoms with van der Waals surface area (Å²) in [5.41, 5.74) is 0.0436. The van der Waals surface area contributed by atoms with Crippen LogP contribution in [0.4, 0.5) is 0 Å². The molecule has 1 rings (SSSR count). The second-order valence-electron chi connectivity index (χ2n) is 6.95. The molecule has 1 aliphatic carbocycles. The Labute approximate surface area is 125 Å². The molecule has 3 nitrogen and oxygen atoms in total. The number of ether oxygens (including phenoxy) is 2. The smallest absolute Gasteiger partial charge is 0.0807 e. The van der Waals surface area contributed by atoms with E-state index in [0.29, 0.717) is 12.0 Å². The van der Waals surface area contributed by atoms with Crippen LogP contribution < -0.4 is 5.32 Å². The molecule has 1 saturated carbocycles. The van der Waals surface area contributed by atoms with Crippen LogP contribution in [-0.2, 0) is 9.47 Å². The maximum absolute atomic E-state index is 6.30. The van der Waals surface area contributed by atoms with E-state index in [9.17, 15) is 0 Å². The van der Waals surface area contributed by atoms with Gasteiger partial charge in [0.25, 0.3) is 0 Å². The summed E-state index contributed by atoms with van der Waals surface area (Å²) in [6.07, 6.45) is 7.69. The van der Waals surface area contributed by atoms with Crippen LogP contribution in [0, 0.1) is 5.92 Å². The number of nitrogens with one attached hydrogen (secondary N) is 1. The van der Waals surface area contributed by atoms with Gasteiger partial charge in [0.2, 0.25) is 0 Å². The maximum atomic E-state index is 6.30. The van der Waals surface area contributed by atoms with Gasteiger partial charge in [-0.3, -0.25) is 0 Å². The van der Waals surface area contributed by atoms with Crippen LogP contribution in [0.3, 0.4) is 0 Å². The van der Waals surface area contributed by atoms with Crippen molar-refractivity contribution in [1.29, 1.82) is 0 Å². The SMILES string of the molecule is CC(C)COCCOC1(CNC(C)C)CCCCCC1. The van der Waals surface area contributed by atoms with Crippen molar-refractivity contribution < 1.29 is 9.47 Å². The van der Waals surface area contributed by atoms with Crippen LogP contribution in [0.1, 0.15) is 66.2 Å². The molecule has 0 radical (unpaired) electrons. The fraction of sp³-hybridized carbons (Fsp3) is 1.00. The van der Waals surface area contributed by atoms with E-state index >= 15 is 0 Å². The van der Waals surface area contributed by atoms with Gasteiger partial charge in [-0.25, -0.2) is 0 Å². The van der Waals surface area contributed by atoms with Gasteiger partial charge in [0.15, 0.2) is 0 Å². The predicted molar refractivity (Wildman–Crippen MR) is 85.2 cm³/mol. The quantitative estimate of drug-likeness (QED) is 0.517. The van der Waals surface area contributed by atoms with Crippen LogP contribution in [0.15, 0.2) is 0 Å². The minimum atomic E-state index is 0.0436. The molecule has 0 aliphatic heterocycles. The molecule has 120 valence electrons. The third-order valence-electron chi connectivity index (χ3n) is 3.93. The Morgan fingerprint density at radius 2 is 1.60 bits per heavy atom. The van der Waals surface area contributed by atoms with Gasteiger partial charge in [0.05, 0.1) is 18.8 Å². The van der Waals surface area contributed by atoms with Gasteiger partial charge in [-0.15, -0.1) is 0 Å². The first-order valence-corrected chi connectivity index (χ1v) is 8.49. The molecule has 3 heteroatoms. The normalized spacial score (nSPS) is 19.5. The summed E-state index contributed by atoms with van der Waals surface area (Å²) in [5.74, 6) is 0.601. The zero-order valence-corrected chi connectivity index (χ0v) is 14.0. The van der Waals surface area contributed by atoms with Crippen molar-refractivity contribution >= 4 is 0 Å². The lowest BCUT2D eigenvalue weighted by atomic mass is 9.93. The van der Waals surface area contributed by atoms with Gasteiger partial charge >= 0.3 is 0 Å². The van der Waals surface area contributed by atoms with Crippen molar-refractivity contribution in [1.82, 2.24) is 5.32 Å². The molecular weight excluding hydrogens is 250 g/mol. The van der Waals surface area contributed by atoms with Gasteiger partial charge in [-0.05, 0) is 18.8 Å². The topological polar surface area (TPSA) is 30.5 Å². The molecule has 0 atom stereocenters. The Morgan fingerprint density at radius 3 is 2.15 bits per heavy atom. The fourth-order valence-electron chi connectivity index (χ4n) is 2.77. The van der Waals surface area contributed by atoms with Crippen LogP contribution in [0.5, 0.6) is 0 Å². The first-order chi connectivity index (χ1) is 9.54. The van der Waals surface area contributed by atoms with E-state index in [4.69, 9.17) is 9.47 Å². The number of hydrogen-bond donors (Lipinski definition) is 1. The van der Waals surface area contributed by atoms with Gasteiger partial charge in [0, 0.05) is 19.2 Å². The molecule has 1 fully saturated rings. The van der Waals surface area contributed by atoms with Crippen LogP contribution in [0.2, 0.25) is 0 Å². The average molecular weight is 285 g/mol. The summed E-state index contributed by atoms with van der Waals surface area (Å²) in [6, 6.07) is 0.524. The highest BCUT2D eigenvalue weighted by atomic mass is 16.5. The van der Waals surface area contributed by atoms with Crippen molar-refractivity contribution in [2.45, 2.75) is 77.9 Å². The van der Waals surface area contributed by atoms with Gasteiger partial charge in [-0.1, -0.05) is 53.4 Å². The lowest BCUT2D eigenvalue weighted by Crippen LogP contribution is -2.45. The summed E-state index contributed by atoms with van der Waals surface area (Å²) in [4.78, 5) is 0. The van der Waals surface area contributed by atoms with E-state index in [1.807, 2.05) is 0 Å². The molecule has 0 amide bonds. The molecule has 0 aromatic carbocycles. The van der Waals surface area contributed by atoms with Crippen molar-refractivity contribution in [3.05, 3.63) is 0 Å². The summed E-state index contributed by atoms with van der Waals surface area (Å²) < 4.78 is 11.9. The zero-order valence-electron chi connectivity index (χ0n) is 14.0. The third-order valence-corrected chi connectivity index (χ3v) is 3.93. The summed E-state index contributed by atoms with van der Waals surface area (Å²) in [5, 5.41) is 3.58. The molecule has 0 unspecified atom stereocenters. The molecule has 0 spiro atoms. The minimum absolute atomic E-state index is 0.0436. The molecule has 0 aromatic heterocycles. The van der Waals surface area contributed by atoms with Crippen molar-refractivity contribution in [2.75, 3.05) is 26.4 Å². The largest absolute Gasteiger partial charge is 0.379 e. The standard InChI is InChI=1S/C17H35NO2/c1-15(2)13-19-11-12-20-17(14-18-16(3)4)9-7-5-6-8-10-17/h15-16,18H,5-14H2,1-4H3. The lowest BCUT2D eigenvalue weighted by Gasteiger charge is -2.34. The van der Waals surface area contributed by atoms with E-state index in [1.165, 1.54) is 38.5 Å². The minimum Gasteiger partial charge on any atom is -0.379 e. The van der Waals surface area contributed by atoms with Crippen molar-refractivity contribution in [3.63, 3.8) is 0 Å². The summed E-state index contributed by atoms with van der Waals surface area (Å²) >= 11 is 0. The molecule has 20 heavy (non-hydrogen) atoms. The Bertz CT molecular complexity index is 233. The maximum Gasteiger partial charge on any atom is 0.0807 e. The summed E-state index contributed by atoms with van der Waals surface area (Å²) in [7, 11) is 0.